The van der Waals surface area contributed by atoms with Gasteiger partial charge in [0.15, 0.2) is 0 Å². The summed E-state index contributed by atoms with van der Waals surface area (Å²) in [6.07, 6.45) is 6.09. The second-order valence-corrected chi connectivity index (χ2v) is 6.44. The van der Waals surface area contributed by atoms with E-state index in [1.165, 1.54) is 0 Å². The van der Waals surface area contributed by atoms with Crippen LogP contribution in [0.25, 0.3) is 0 Å². The molecule has 0 aliphatic carbocycles. The predicted molar refractivity (Wildman–Crippen MR) is 83.5 cm³/mol. The molecule has 0 rings (SSSR count). The van der Waals surface area contributed by atoms with Crippen LogP contribution in [0.4, 0.5) is 0 Å². The highest BCUT2D eigenvalue weighted by Gasteiger charge is 2.40. The Morgan fingerprint density at radius 1 is 0.900 bits per heavy atom. The number of unbranched alkanes of at least 4 members (excludes halogenated alkanes) is 2. The SMILES string of the molecule is CCCCN(CCCC)C(C)(C)N(C=O)C(C)(C)C=O. The van der Waals surface area contributed by atoms with E-state index in [2.05, 4.69) is 18.7 Å². The van der Waals surface area contributed by atoms with Crippen molar-refractivity contribution in [3.8, 4) is 0 Å². The minimum atomic E-state index is -0.790. The third-order valence-corrected chi connectivity index (χ3v) is 3.94. The molecule has 0 atom stereocenters. The van der Waals surface area contributed by atoms with E-state index >= 15 is 0 Å². The van der Waals surface area contributed by atoms with E-state index in [9.17, 15) is 9.59 Å². The lowest BCUT2D eigenvalue weighted by molar-refractivity contribution is -0.148. The largest absolute Gasteiger partial charge is 0.315 e. The molecular formula is C16H32N2O2. The maximum Gasteiger partial charge on any atom is 0.211 e. The maximum atomic E-state index is 11.5. The number of carbonyl (C=O) groups excluding carboxylic acids is 2. The maximum absolute atomic E-state index is 11.5. The van der Waals surface area contributed by atoms with E-state index in [1.807, 2.05) is 13.8 Å². The summed E-state index contributed by atoms with van der Waals surface area (Å²) in [5, 5.41) is 0. The van der Waals surface area contributed by atoms with Gasteiger partial charge in [0.05, 0.1) is 11.2 Å². The smallest absolute Gasteiger partial charge is 0.211 e. The number of nitrogens with zero attached hydrogens (tertiary/aromatic N) is 2. The van der Waals surface area contributed by atoms with E-state index in [-0.39, 0.29) is 0 Å². The lowest BCUT2D eigenvalue weighted by atomic mass is 9.99. The van der Waals surface area contributed by atoms with Crippen molar-refractivity contribution in [3.05, 3.63) is 0 Å². The molecule has 1 amide bonds. The van der Waals surface area contributed by atoms with Gasteiger partial charge in [-0.2, -0.15) is 0 Å². The molecule has 20 heavy (non-hydrogen) atoms. The van der Waals surface area contributed by atoms with Gasteiger partial charge in [-0.05, 0) is 40.5 Å². The summed E-state index contributed by atoms with van der Waals surface area (Å²) in [6.45, 7) is 13.8. The van der Waals surface area contributed by atoms with E-state index in [4.69, 9.17) is 0 Å². The zero-order chi connectivity index (χ0) is 15.8. The predicted octanol–water partition coefficient (Wildman–Crippen LogP) is 3.06. The molecule has 0 heterocycles. The molecule has 0 radical (unpaired) electrons. The van der Waals surface area contributed by atoms with Gasteiger partial charge in [0, 0.05) is 13.1 Å². The van der Waals surface area contributed by atoms with Crippen LogP contribution in [-0.2, 0) is 9.59 Å². The molecular weight excluding hydrogens is 252 g/mol. The molecule has 4 nitrogen and oxygen atoms in total. The fourth-order valence-corrected chi connectivity index (χ4v) is 2.54. The van der Waals surface area contributed by atoms with Crippen molar-refractivity contribution < 1.29 is 9.59 Å². The Hall–Kier alpha value is -0.900. The summed E-state index contributed by atoms with van der Waals surface area (Å²) in [5.74, 6) is 0. The number of amides is 1. The molecule has 0 aromatic carbocycles. The lowest BCUT2D eigenvalue weighted by Crippen LogP contribution is -2.63. The van der Waals surface area contributed by atoms with Crippen LogP contribution >= 0.6 is 0 Å². The first-order chi connectivity index (χ1) is 9.27. The lowest BCUT2D eigenvalue weighted by Gasteiger charge is -2.50. The Bertz CT molecular complexity index is 293. The van der Waals surface area contributed by atoms with Gasteiger partial charge in [-0.15, -0.1) is 0 Å². The molecule has 0 spiro atoms. The summed E-state index contributed by atoms with van der Waals surface area (Å²) < 4.78 is 0. The molecule has 0 unspecified atom stereocenters. The highest BCUT2D eigenvalue weighted by molar-refractivity contribution is 5.68. The van der Waals surface area contributed by atoms with Crippen LogP contribution < -0.4 is 0 Å². The third kappa shape index (κ3) is 4.89. The standard InChI is InChI=1S/C16H32N2O2/c1-7-9-11-17(12-10-8-2)16(5,6)18(14-20)15(3,4)13-19/h13-14H,7-12H2,1-6H3. The van der Waals surface area contributed by atoms with Gasteiger partial charge in [-0.25, -0.2) is 0 Å². The van der Waals surface area contributed by atoms with E-state index in [0.29, 0.717) is 0 Å². The van der Waals surface area contributed by atoms with Gasteiger partial charge < -0.3 is 9.69 Å². The van der Waals surface area contributed by atoms with E-state index < -0.39 is 11.2 Å². The van der Waals surface area contributed by atoms with Crippen molar-refractivity contribution in [2.24, 2.45) is 0 Å². The number of carbonyl (C=O) groups is 2. The Morgan fingerprint density at radius 3 is 1.65 bits per heavy atom. The molecule has 0 aromatic heterocycles. The first kappa shape index (κ1) is 19.1. The van der Waals surface area contributed by atoms with Crippen LogP contribution in [-0.4, -0.2) is 46.8 Å². The normalized spacial score (nSPS) is 12.6. The Morgan fingerprint density at radius 2 is 1.35 bits per heavy atom. The third-order valence-electron chi connectivity index (χ3n) is 3.94. The number of aldehydes is 1. The number of rotatable bonds is 11. The highest BCUT2D eigenvalue weighted by Crippen LogP contribution is 2.26. The minimum absolute atomic E-state index is 0.462. The first-order valence-corrected chi connectivity index (χ1v) is 7.74. The number of hydrogen-bond acceptors (Lipinski definition) is 3. The van der Waals surface area contributed by atoms with Crippen LogP contribution in [0, 0.1) is 0 Å². The van der Waals surface area contributed by atoms with Gasteiger partial charge in [-0.3, -0.25) is 9.69 Å². The van der Waals surface area contributed by atoms with Gasteiger partial charge in [0.1, 0.15) is 6.29 Å². The first-order valence-electron chi connectivity index (χ1n) is 7.74. The fraction of sp³-hybridized carbons (Fsp3) is 0.875. The molecule has 0 saturated carbocycles. The molecule has 0 saturated heterocycles. The van der Waals surface area contributed by atoms with E-state index in [0.717, 1.165) is 51.5 Å². The minimum Gasteiger partial charge on any atom is -0.315 e. The van der Waals surface area contributed by atoms with Gasteiger partial charge in [0.2, 0.25) is 6.41 Å². The second kappa shape index (κ2) is 8.40. The van der Waals surface area contributed by atoms with Crippen molar-refractivity contribution in [1.29, 1.82) is 0 Å². The van der Waals surface area contributed by atoms with Crippen LogP contribution in [0.1, 0.15) is 67.2 Å². The Kier molecular flexibility index (Phi) is 8.02. The molecule has 0 fully saturated rings. The average Bonchev–Trinajstić information content (AvgIpc) is 2.38. The number of hydrogen-bond donors (Lipinski definition) is 0. The Balaban J connectivity index is 5.22. The van der Waals surface area contributed by atoms with Crippen LogP contribution in [0.5, 0.6) is 0 Å². The van der Waals surface area contributed by atoms with Crippen LogP contribution in [0.15, 0.2) is 0 Å². The summed E-state index contributed by atoms with van der Waals surface area (Å²) in [6, 6.07) is 0. The van der Waals surface area contributed by atoms with Crippen LogP contribution in [0.2, 0.25) is 0 Å². The van der Waals surface area contributed by atoms with Crippen molar-refractivity contribution in [2.45, 2.75) is 78.4 Å². The zero-order valence-electron chi connectivity index (χ0n) is 14.1. The topological polar surface area (TPSA) is 40.6 Å². The van der Waals surface area contributed by atoms with Gasteiger partial charge in [-0.1, -0.05) is 26.7 Å². The molecule has 0 aromatic rings. The van der Waals surface area contributed by atoms with Crippen molar-refractivity contribution in [2.75, 3.05) is 13.1 Å². The quantitative estimate of drug-likeness (QED) is 0.432. The molecule has 0 aliphatic heterocycles. The van der Waals surface area contributed by atoms with Gasteiger partial charge >= 0.3 is 0 Å². The highest BCUT2D eigenvalue weighted by atomic mass is 16.1. The average molecular weight is 284 g/mol. The summed E-state index contributed by atoms with van der Waals surface area (Å²) in [5.41, 5.74) is -1.25. The summed E-state index contributed by atoms with van der Waals surface area (Å²) in [7, 11) is 0. The van der Waals surface area contributed by atoms with Crippen molar-refractivity contribution in [3.63, 3.8) is 0 Å². The Labute approximate surface area is 124 Å². The summed E-state index contributed by atoms with van der Waals surface area (Å²) in [4.78, 5) is 26.8. The van der Waals surface area contributed by atoms with Gasteiger partial charge in [0.25, 0.3) is 0 Å². The van der Waals surface area contributed by atoms with Crippen molar-refractivity contribution >= 4 is 12.7 Å². The molecule has 4 heteroatoms. The fourth-order valence-electron chi connectivity index (χ4n) is 2.54. The van der Waals surface area contributed by atoms with E-state index in [1.54, 1.807) is 18.7 Å². The zero-order valence-corrected chi connectivity index (χ0v) is 14.1. The molecule has 118 valence electrons. The monoisotopic (exact) mass is 284 g/mol. The molecule has 0 N–H and O–H groups in total. The summed E-state index contributed by atoms with van der Waals surface area (Å²) >= 11 is 0. The van der Waals surface area contributed by atoms with Crippen molar-refractivity contribution in [1.82, 2.24) is 9.80 Å². The second-order valence-electron chi connectivity index (χ2n) is 6.44. The molecule has 0 aliphatic rings. The molecule has 0 bridgehead atoms. The van der Waals surface area contributed by atoms with Crippen LogP contribution in [0.3, 0.4) is 0 Å².